The van der Waals surface area contributed by atoms with Gasteiger partial charge in [0.05, 0.1) is 29.9 Å². The summed E-state index contributed by atoms with van der Waals surface area (Å²) in [5, 5.41) is 2.50. The average molecular weight is 526 g/mol. The van der Waals surface area contributed by atoms with E-state index in [-0.39, 0.29) is 37.3 Å². The van der Waals surface area contributed by atoms with Gasteiger partial charge in [0, 0.05) is 39.2 Å². The quantitative estimate of drug-likeness (QED) is 0.448. The molecule has 0 aliphatic carbocycles. The van der Waals surface area contributed by atoms with Crippen LogP contribution in [0.2, 0.25) is 0 Å². The second-order valence-electron chi connectivity index (χ2n) is 7.65. The Morgan fingerprint density at radius 1 is 1.14 bits per heavy atom. The van der Waals surface area contributed by atoms with Gasteiger partial charge in [0.1, 0.15) is 6.29 Å². The normalized spacial score (nSPS) is 14.8. The molecule has 37 heavy (non-hydrogen) atoms. The smallest absolute Gasteiger partial charge is 0.255 e. The van der Waals surface area contributed by atoms with Crippen LogP contribution in [0.3, 0.4) is 0 Å². The number of halogens is 1. The topological polar surface area (TPSA) is 79.0 Å². The maximum atomic E-state index is 15.4. The molecule has 1 saturated heterocycles. The number of carbonyl (C=O) groups excluding carboxylic acids is 3. The molecule has 3 rings (SSSR count). The Labute approximate surface area is 225 Å². The highest BCUT2D eigenvalue weighted by Gasteiger charge is 2.37. The molecule has 0 radical (unpaired) electrons. The summed E-state index contributed by atoms with van der Waals surface area (Å²) < 4.78 is 20.8. The van der Waals surface area contributed by atoms with Crippen LogP contribution in [0.4, 0.5) is 10.1 Å². The molecule has 2 heterocycles. The van der Waals surface area contributed by atoms with Crippen LogP contribution in [-0.4, -0.2) is 62.4 Å². The summed E-state index contributed by atoms with van der Waals surface area (Å²) in [4.78, 5) is 39.4. The highest BCUT2D eigenvalue weighted by Crippen LogP contribution is 2.36. The van der Waals surface area contributed by atoms with Crippen molar-refractivity contribution in [2.45, 2.75) is 107 Å². The van der Waals surface area contributed by atoms with Crippen LogP contribution in [0, 0.1) is 12.7 Å². The minimum Gasteiger partial charge on any atom is -0.381 e. The van der Waals surface area contributed by atoms with Gasteiger partial charge in [-0.1, -0.05) is 55.4 Å². The molecule has 0 spiro atoms. The highest BCUT2D eigenvalue weighted by atomic mass is 19.1. The van der Waals surface area contributed by atoms with E-state index in [0.29, 0.717) is 41.8 Å². The van der Waals surface area contributed by atoms with Crippen LogP contribution in [0.5, 0.6) is 0 Å². The van der Waals surface area contributed by atoms with Crippen molar-refractivity contribution >= 4 is 23.8 Å². The number of piperidine rings is 1. The summed E-state index contributed by atoms with van der Waals surface area (Å²) in [7, 11) is 3.21. The van der Waals surface area contributed by atoms with Crippen molar-refractivity contribution in [1.29, 1.82) is 0 Å². The lowest BCUT2D eigenvalue weighted by molar-refractivity contribution is -0.121. The Morgan fingerprint density at radius 3 is 2.14 bits per heavy atom. The number of anilines is 1. The zero-order chi connectivity index (χ0) is 29.1. The molecule has 1 aromatic carbocycles. The van der Waals surface area contributed by atoms with Crippen LogP contribution in [0.15, 0.2) is 6.07 Å². The van der Waals surface area contributed by atoms with E-state index in [1.807, 2.05) is 60.3 Å². The molecule has 1 unspecified atom stereocenters. The van der Waals surface area contributed by atoms with E-state index in [9.17, 15) is 14.4 Å². The highest BCUT2D eigenvalue weighted by molar-refractivity contribution is 6.01. The third-order valence-electron chi connectivity index (χ3n) is 5.96. The lowest BCUT2D eigenvalue weighted by Gasteiger charge is -2.33. The molecule has 2 aliphatic rings. The molecule has 1 N–H and O–H groups in total. The fraction of sp³-hybridized carbons (Fsp3) is 0.690. The summed E-state index contributed by atoms with van der Waals surface area (Å²) in [5.41, 5.74) is 1.88. The monoisotopic (exact) mass is 525 g/mol. The van der Waals surface area contributed by atoms with E-state index in [4.69, 9.17) is 4.74 Å². The lowest BCUT2D eigenvalue weighted by atomic mass is 10.00. The number of benzene rings is 1. The molecule has 214 valence electrons. The third-order valence-corrected chi connectivity index (χ3v) is 5.96. The molecular formula is C29H52FN3O4. The Morgan fingerprint density at radius 2 is 1.68 bits per heavy atom. The van der Waals surface area contributed by atoms with Crippen molar-refractivity contribution in [1.82, 2.24) is 10.2 Å². The number of carbonyl (C=O) groups is 3. The number of fused-ring (bicyclic) bond motifs is 1. The van der Waals surface area contributed by atoms with E-state index in [2.05, 4.69) is 5.32 Å². The van der Waals surface area contributed by atoms with Crippen LogP contribution >= 0.6 is 0 Å². The van der Waals surface area contributed by atoms with Crippen LogP contribution in [0.25, 0.3) is 0 Å². The van der Waals surface area contributed by atoms with Gasteiger partial charge in [-0.15, -0.1) is 0 Å². The Kier molecular flexibility index (Phi) is 20.4. The molecule has 8 heteroatoms. The number of nitrogens with zero attached hydrogens (tertiary/aromatic N) is 2. The third kappa shape index (κ3) is 9.72. The SMILES string of the molecule is CC.CC.CC.CC.CNC(=O)CCC(C=O)N1Cc2c(F)c(N3CCC(OC)CC3)cc(C)c2C1=O. The maximum absolute atomic E-state index is 15.4. The first-order valence-corrected chi connectivity index (χ1v) is 14.0. The second kappa shape index (κ2) is 20.6. The number of hydrogen-bond acceptors (Lipinski definition) is 5. The molecule has 1 fully saturated rings. The van der Waals surface area contributed by atoms with E-state index in [1.165, 1.54) is 11.9 Å². The van der Waals surface area contributed by atoms with Gasteiger partial charge in [0.25, 0.3) is 5.91 Å². The van der Waals surface area contributed by atoms with Gasteiger partial charge >= 0.3 is 0 Å². The lowest BCUT2D eigenvalue weighted by Crippen LogP contribution is -2.37. The summed E-state index contributed by atoms with van der Waals surface area (Å²) in [5.74, 6) is -0.951. The van der Waals surface area contributed by atoms with Crippen LogP contribution < -0.4 is 10.2 Å². The summed E-state index contributed by atoms with van der Waals surface area (Å²) in [6.45, 7) is 19.2. The number of rotatable bonds is 7. The standard InChI is InChI=1S/C21H28FN3O4.4C2H6/c1-13-10-17(24-8-6-15(29-3)7-9-24)20(22)16-11-25(21(28)19(13)16)14(12-26)4-5-18(27)23-2;4*1-2/h10,12,14-15H,4-9,11H2,1-3H3,(H,23,27);4*1-2H3. The second-order valence-corrected chi connectivity index (χ2v) is 7.65. The molecule has 0 bridgehead atoms. The summed E-state index contributed by atoms with van der Waals surface area (Å²) in [6, 6.07) is 0.968. The molecule has 1 aromatic rings. The fourth-order valence-corrected chi connectivity index (χ4v) is 4.21. The van der Waals surface area contributed by atoms with Crippen molar-refractivity contribution in [2.75, 3.05) is 32.1 Å². The first-order chi connectivity index (χ1) is 17.9. The predicted octanol–water partition coefficient (Wildman–Crippen LogP) is 5.90. The number of hydrogen-bond donors (Lipinski definition) is 1. The van der Waals surface area contributed by atoms with Crippen LogP contribution in [0.1, 0.15) is 103 Å². The Bertz CT molecular complexity index is 809. The molecule has 2 aliphatic heterocycles. The number of amides is 2. The maximum Gasteiger partial charge on any atom is 0.255 e. The van der Waals surface area contributed by atoms with Gasteiger partial charge in [0.15, 0.2) is 5.82 Å². The first kappa shape index (κ1) is 36.7. The van der Waals surface area contributed by atoms with Crippen molar-refractivity contribution in [3.63, 3.8) is 0 Å². The molecule has 0 aromatic heterocycles. The van der Waals surface area contributed by atoms with Gasteiger partial charge in [-0.05, 0) is 37.8 Å². The zero-order valence-corrected chi connectivity index (χ0v) is 25.2. The minimum absolute atomic E-state index is 0.0420. The average Bonchev–Trinajstić information content (AvgIpc) is 3.33. The number of aldehydes is 1. The fourth-order valence-electron chi connectivity index (χ4n) is 4.21. The number of methoxy groups -OCH3 is 1. The van der Waals surface area contributed by atoms with E-state index in [0.717, 1.165) is 12.8 Å². The van der Waals surface area contributed by atoms with Gasteiger partial charge < -0.3 is 24.6 Å². The van der Waals surface area contributed by atoms with E-state index >= 15 is 4.39 Å². The molecule has 7 nitrogen and oxygen atoms in total. The van der Waals surface area contributed by atoms with Crippen molar-refractivity contribution in [3.8, 4) is 0 Å². The minimum atomic E-state index is -0.758. The Balaban J connectivity index is 0. The number of aryl methyl sites for hydroxylation is 1. The zero-order valence-electron chi connectivity index (χ0n) is 25.2. The van der Waals surface area contributed by atoms with Crippen molar-refractivity contribution in [3.05, 3.63) is 28.6 Å². The summed E-state index contributed by atoms with van der Waals surface area (Å²) in [6.07, 6.45) is 2.84. The summed E-state index contributed by atoms with van der Waals surface area (Å²) >= 11 is 0. The van der Waals surface area contributed by atoms with E-state index < -0.39 is 11.9 Å². The Hall–Kier alpha value is -2.48. The first-order valence-electron chi connectivity index (χ1n) is 14.0. The molecule has 1 atom stereocenters. The van der Waals surface area contributed by atoms with Crippen molar-refractivity contribution in [2.24, 2.45) is 0 Å². The molecule has 2 amide bonds. The van der Waals surface area contributed by atoms with E-state index in [1.54, 1.807) is 20.1 Å². The predicted molar refractivity (Wildman–Crippen MR) is 152 cm³/mol. The number of ether oxygens (including phenoxy) is 1. The largest absolute Gasteiger partial charge is 0.381 e. The van der Waals surface area contributed by atoms with Gasteiger partial charge in [0.2, 0.25) is 5.91 Å². The van der Waals surface area contributed by atoms with Crippen LogP contribution in [-0.2, 0) is 20.9 Å². The van der Waals surface area contributed by atoms with Gasteiger partial charge in [-0.3, -0.25) is 9.59 Å². The van der Waals surface area contributed by atoms with Crippen molar-refractivity contribution < 1.29 is 23.5 Å². The van der Waals surface area contributed by atoms with Gasteiger partial charge in [-0.25, -0.2) is 4.39 Å². The molecule has 0 saturated carbocycles. The molecular weight excluding hydrogens is 473 g/mol. The number of nitrogens with one attached hydrogen (secondary N) is 1. The van der Waals surface area contributed by atoms with Gasteiger partial charge in [-0.2, -0.15) is 0 Å².